The van der Waals surface area contributed by atoms with Crippen molar-refractivity contribution < 1.29 is 29.4 Å². The fourth-order valence-corrected chi connectivity index (χ4v) is 3.09. The number of nitrogens with zero attached hydrogens (tertiary/aromatic N) is 3. The lowest BCUT2D eigenvalue weighted by molar-refractivity contribution is -0.713. The first kappa shape index (κ1) is 19.7. The molecule has 28 heavy (non-hydrogen) atoms. The molecule has 1 saturated heterocycles. The zero-order valence-electron chi connectivity index (χ0n) is 16.0. The molecular formula is C19H25N4O5+. The van der Waals surface area contributed by atoms with Gasteiger partial charge in [-0.05, 0) is 19.2 Å². The van der Waals surface area contributed by atoms with Gasteiger partial charge < -0.3 is 19.3 Å². The Hall–Kier alpha value is -3.04. The van der Waals surface area contributed by atoms with E-state index in [1.807, 2.05) is 18.6 Å². The van der Waals surface area contributed by atoms with Crippen LogP contribution >= 0.6 is 0 Å². The molecule has 1 aromatic rings. The van der Waals surface area contributed by atoms with Crippen LogP contribution in [0.1, 0.15) is 6.42 Å². The first-order valence-corrected chi connectivity index (χ1v) is 8.99. The number of allylic oxidation sites excluding steroid dienone is 4. The lowest BCUT2D eigenvalue weighted by Gasteiger charge is -2.31. The van der Waals surface area contributed by atoms with Gasteiger partial charge in [-0.1, -0.05) is 18.2 Å². The molecule has 0 radical (unpaired) electrons. The highest BCUT2D eigenvalue weighted by Gasteiger charge is 2.31. The molecule has 0 spiro atoms. The summed E-state index contributed by atoms with van der Waals surface area (Å²) in [5.41, 5.74) is 2.87. The molecule has 1 aromatic carbocycles. The SMILES string of the molecule is COc1cccc(/[N+](O)=C2\CC=CC=C2OC(=O)N2CCN(C)CC2)c1NO. The molecule has 1 fully saturated rings. The average Bonchev–Trinajstić information content (AvgIpc) is 2.73. The van der Waals surface area contributed by atoms with E-state index >= 15 is 0 Å². The molecule has 3 rings (SSSR count). The summed E-state index contributed by atoms with van der Waals surface area (Å²) in [7, 11) is 3.47. The van der Waals surface area contributed by atoms with E-state index in [4.69, 9.17) is 9.47 Å². The molecule has 2 aliphatic rings. The summed E-state index contributed by atoms with van der Waals surface area (Å²) in [5, 5.41) is 20.3. The fourth-order valence-electron chi connectivity index (χ4n) is 3.09. The third kappa shape index (κ3) is 4.10. The first-order chi connectivity index (χ1) is 13.5. The van der Waals surface area contributed by atoms with Gasteiger partial charge in [0.1, 0.15) is 0 Å². The Morgan fingerprint density at radius 2 is 2.00 bits per heavy atom. The number of piperazine rings is 1. The molecule has 0 atom stereocenters. The number of carbonyl (C=O) groups excluding carboxylic acids is 1. The van der Waals surface area contributed by atoms with Crippen molar-refractivity contribution in [1.82, 2.24) is 9.80 Å². The van der Waals surface area contributed by atoms with E-state index in [1.54, 1.807) is 35.3 Å². The maximum Gasteiger partial charge on any atom is 0.415 e. The van der Waals surface area contributed by atoms with Crippen molar-refractivity contribution in [2.75, 3.05) is 45.8 Å². The highest BCUT2D eigenvalue weighted by atomic mass is 16.6. The van der Waals surface area contributed by atoms with Gasteiger partial charge in [-0.15, -0.1) is 0 Å². The molecular weight excluding hydrogens is 364 g/mol. The van der Waals surface area contributed by atoms with Crippen molar-refractivity contribution in [1.29, 1.82) is 0 Å². The number of ether oxygens (including phenoxy) is 2. The number of hydrogen-bond donors (Lipinski definition) is 3. The Balaban J connectivity index is 1.87. The molecule has 1 aliphatic carbocycles. The van der Waals surface area contributed by atoms with Gasteiger partial charge in [-0.3, -0.25) is 15.9 Å². The Morgan fingerprint density at radius 1 is 1.25 bits per heavy atom. The van der Waals surface area contributed by atoms with Crippen molar-refractivity contribution in [2.24, 2.45) is 0 Å². The van der Waals surface area contributed by atoms with Crippen LogP contribution in [0, 0.1) is 0 Å². The fraction of sp³-hybridized carbons (Fsp3) is 0.368. The van der Waals surface area contributed by atoms with E-state index < -0.39 is 6.09 Å². The summed E-state index contributed by atoms with van der Waals surface area (Å²) in [4.78, 5) is 16.3. The molecule has 0 aromatic heterocycles. The van der Waals surface area contributed by atoms with Crippen LogP contribution in [-0.4, -0.2) is 77.1 Å². The zero-order chi connectivity index (χ0) is 20.1. The molecule has 9 nitrogen and oxygen atoms in total. The molecule has 3 N–H and O–H groups in total. The smallest absolute Gasteiger partial charge is 0.415 e. The normalized spacial score (nSPS) is 19.1. The highest BCUT2D eigenvalue weighted by molar-refractivity contribution is 5.99. The third-order valence-corrected chi connectivity index (χ3v) is 4.76. The topological polar surface area (TPSA) is 97.5 Å². The lowest BCUT2D eigenvalue weighted by Crippen LogP contribution is -2.47. The maximum atomic E-state index is 12.5. The first-order valence-electron chi connectivity index (χ1n) is 8.99. The summed E-state index contributed by atoms with van der Waals surface area (Å²) in [5.74, 6) is 0.603. The van der Waals surface area contributed by atoms with Gasteiger partial charge in [-0.25, -0.2) is 4.79 Å². The number of nitrogens with one attached hydrogen (secondary N) is 1. The molecule has 150 valence electrons. The van der Waals surface area contributed by atoms with Crippen LogP contribution in [-0.2, 0) is 4.74 Å². The number of anilines is 1. The Morgan fingerprint density at radius 3 is 2.68 bits per heavy atom. The summed E-state index contributed by atoms with van der Waals surface area (Å²) < 4.78 is 11.7. The van der Waals surface area contributed by atoms with Crippen LogP contribution in [0.25, 0.3) is 0 Å². The summed E-state index contributed by atoms with van der Waals surface area (Å²) in [6.45, 7) is 2.74. The van der Waals surface area contributed by atoms with Gasteiger partial charge in [0.2, 0.25) is 5.76 Å². The zero-order valence-corrected chi connectivity index (χ0v) is 16.0. The van der Waals surface area contributed by atoms with Crippen molar-refractivity contribution >= 4 is 23.2 Å². The molecule has 0 unspecified atom stereocenters. The van der Waals surface area contributed by atoms with Crippen LogP contribution in [0.3, 0.4) is 0 Å². The van der Waals surface area contributed by atoms with Gasteiger partial charge in [0, 0.05) is 37.0 Å². The minimum Gasteiger partial charge on any atom is -0.494 e. The van der Waals surface area contributed by atoms with Crippen molar-refractivity contribution in [3.63, 3.8) is 0 Å². The van der Waals surface area contributed by atoms with Gasteiger partial charge in [0.15, 0.2) is 11.4 Å². The van der Waals surface area contributed by atoms with Crippen LogP contribution in [0.5, 0.6) is 5.75 Å². The number of amides is 1. The quantitative estimate of drug-likeness (QED) is 0.413. The lowest BCUT2D eigenvalue weighted by atomic mass is 10.1. The van der Waals surface area contributed by atoms with E-state index in [1.165, 1.54) is 7.11 Å². The number of para-hydroxylation sites is 1. The van der Waals surface area contributed by atoms with E-state index in [0.29, 0.717) is 31.0 Å². The number of methoxy groups -OCH3 is 1. The summed E-state index contributed by atoms with van der Waals surface area (Å²) in [6.07, 6.45) is 5.12. The van der Waals surface area contributed by atoms with Gasteiger partial charge >= 0.3 is 6.09 Å². The number of rotatable bonds is 4. The van der Waals surface area contributed by atoms with Gasteiger partial charge in [0.25, 0.3) is 11.4 Å². The minimum atomic E-state index is -0.452. The van der Waals surface area contributed by atoms with E-state index in [-0.39, 0.29) is 17.1 Å². The standard InChI is InChI=1S/C19H25N4O5/c1-21-10-12-22(13-11-21)19(24)28-16-8-4-3-6-14(16)23(26)15-7-5-9-17(27-2)18(15)20-25/h3-5,7-9,20,25-26H,6,10-13H2,1-2H3/q+1/b23-14-. The summed E-state index contributed by atoms with van der Waals surface area (Å²) in [6, 6.07) is 4.93. The second-order valence-electron chi connectivity index (χ2n) is 6.55. The Kier molecular flexibility index (Phi) is 6.17. The van der Waals surface area contributed by atoms with Crippen LogP contribution in [0.2, 0.25) is 0 Å². The third-order valence-electron chi connectivity index (χ3n) is 4.76. The van der Waals surface area contributed by atoms with Crippen molar-refractivity contribution in [3.8, 4) is 5.75 Å². The monoisotopic (exact) mass is 389 g/mol. The second kappa shape index (κ2) is 8.77. The van der Waals surface area contributed by atoms with Crippen LogP contribution in [0.4, 0.5) is 16.2 Å². The molecule has 1 amide bonds. The molecule has 0 bridgehead atoms. The van der Waals surface area contributed by atoms with Crippen molar-refractivity contribution in [2.45, 2.75) is 6.42 Å². The summed E-state index contributed by atoms with van der Waals surface area (Å²) >= 11 is 0. The van der Waals surface area contributed by atoms with E-state index in [9.17, 15) is 15.2 Å². The Labute approximate surface area is 163 Å². The molecule has 1 heterocycles. The van der Waals surface area contributed by atoms with Gasteiger partial charge in [-0.2, -0.15) is 0 Å². The molecule has 0 saturated carbocycles. The van der Waals surface area contributed by atoms with Gasteiger partial charge in [0.05, 0.1) is 13.5 Å². The Bertz CT molecular complexity index is 826. The predicted molar refractivity (Wildman–Crippen MR) is 103 cm³/mol. The van der Waals surface area contributed by atoms with E-state index in [2.05, 4.69) is 4.90 Å². The molecule has 1 aliphatic heterocycles. The average molecular weight is 389 g/mol. The number of carbonyl (C=O) groups is 1. The highest BCUT2D eigenvalue weighted by Crippen LogP contribution is 2.34. The minimum absolute atomic E-state index is 0.194. The second-order valence-corrected chi connectivity index (χ2v) is 6.55. The van der Waals surface area contributed by atoms with E-state index in [0.717, 1.165) is 17.8 Å². The van der Waals surface area contributed by atoms with Crippen LogP contribution < -0.4 is 10.2 Å². The largest absolute Gasteiger partial charge is 0.494 e. The van der Waals surface area contributed by atoms with Crippen molar-refractivity contribution in [3.05, 3.63) is 42.2 Å². The predicted octanol–water partition coefficient (Wildman–Crippen LogP) is 2.20. The van der Waals surface area contributed by atoms with Crippen LogP contribution in [0.15, 0.2) is 42.2 Å². The maximum absolute atomic E-state index is 12.5. The number of likely N-dealkylation sites (N-methyl/N-ethyl adjacent to an activating group) is 1. The number of hydrogen-bond acceptors (Lipinski definition) is 7. The number of benzene rings is 1. The molecule has 9 heteroatoms.